The van der Waals surface area contributed by atoms with Crippen molar-refractivity contribution in [3.8, 4) is 0 Å². The van der Waals surface area contributed by atoms with Crippen LogP contribution in [0.3, 0.4) is 0 Å². The molecule has 0 aromatic rings. The molecule has 0 heterocycles. The van der Waals surface area contributed by atoms with E-state index in [2.05, 4.69) is 9.80 Å². The molecule has 6 fully saturated rings. The first-order valence-corrected chi connectivity index (χ1v) is 18.6. The molecule has 0 saturated heterocycles. The summed E-state index contributed by atoms with van der Waals surface area (Å²) < 4.78 is 0. The summed E-state index contributed by atoms with van der Waals surface area (Å²) in [5.41, 5.74) is 6.35. The molecule has 39 heavy (non-hydrogen) atoms. The van der Waals surface area contributed by atoms with Gasteiger partial charge in [0.2, 0.25) is 0 Å². The molecule has 0 amide bonds. The maximum Gasteiger partial charge on any atom is 0.0102 e. The summed E-state index contributed by atoms with van der Waals surface area (Å²) in [7, 11) is 0. The first-order chi connectivity index (χ1) is 19.3. The molecule has 0 bridgehead atoms. The van der Waals surface area contributed by atoms with Gasteiger partial charge in [0.15, 0.2) is 0 Å². The minimum absolute atomic E-state index is 0.479. The van der Waals surface area contributed by atoms with E-state index in [0.29, 0.717) is 6.04 Å². The van der Waals surface area contributed by atoms with Crippen LogP contribution in [0.1, 0.15) is 173 Å². The predicted octanol–water partition coefficient (Wildman–Crippen LogP) is 8.98. The van der Waals surface area contributed by atoms with Gasteiger partial charge >= 0.3 is 0 Å². The summed E-state index contributed by atoms with van der Waals surface area (Å²) in [4.78, 5) is 6.33. The smallest absolute Gasteiger partial charge is 0.0102 e. The monoisotopic (exact) mass is 540 g/mol. The highest BCUT2D eigenvalue weighted by Crippen LogP contribution is 2.44. The lowest BCUT2D eigenvalue weighted by Crippen LogP contribution is -2.53. The second kappa shape index (κ2) is 14.4. The largest absolute Gasteiger partial charge is 0.328 e. The molecule has 6 aliphatic carbocycles. The molecule has 2 N–H and O–H groups in total. The van der Waals surface area contributed by atoms with E-state index in [9.17, 15) is 0 Å². The second-order valence-electron chi connectivity index (χ2n) is 15.5. The summed E-state index contributed by atoms with van der Waals surface area (Å²) in [5.74, 6) is 2.07. The van der Waals surface area contributed by atoms with Crippen LogP contribution in [0.5, 0.6) is 0 Å². The van der Waals surface area contributed by atoms with Gasteiger partial charge in [-0.15, -0.1) is 0 Å². The van der Waals surface area contributed by atoms with Gasteiger partial charge < -0.3 is 5.73 Å². The van der Waals surface area contributed by atoms with Crippen LogP contribution in [-0.2, 0) is 0 Å². The Balaban J connectivity index is 1.03. The minimum Gasteiger partial charge on any atom is -0.328 e. The molecular formula is C36H65N3. The average Bonchev–Trinajstić information content (AvgIpc) is 3.01. The molecule has 0 radical (unpaired) electrons. The zero-order chi connectivity index (χ0) is 26.4. The molecule has 0 unspecified atom stereocenters. The first-order valence-electron chi connectivity index (χ1n) is 18.6. The number of nitrogens with two attached hydrogens (primary N) is 1. The van der Waals surface area contributed by atoms with E-state index in [1.165, 1.54) is 161 Å². The molecule has 0 atom stereocenters. The maximum atomic E-state index is 6.35. The van der Waals surface area contributed by atoms with Crippen LogP contribution in [0.4, 0.5) is 0 Å². The van der Waals surface area contributed by atoms with Crippen molar-refractivity contribution >= 4 is 0 Å². The van der Waals surface area contributed by atoms with Gasteiger partial charge in [0, 0.05) is 42.3 Å². The number of hydrogen-bond donors (Lipinski definition) is 1. The van der Waals surface area contributed by atoms with Crippen molar-refractivity contribution < 1.29 is 0 Å². The van der Waals surface area contributed by atoms with Crippen molar-refractivity contribution in [3.63, 3.8) is 0 Å². The normalized spacial score (nSPS) is 38.8. The van der Waals surface area contributed by atoms with E-state index in [-0.39, 0.29) is 0 Å². The van der Waals surface area contributed by atoms with Crippen LogP contribution in [0.15, 0.2) is 0 Å². The summed E-state index contributed by atoms with van der Waals surface area (Å²) in [6, 6.07) is 5.87. The number of nitrogens with zero attached hydrogens (tertiary/aromatic N) is 2. The third kappa shape index (κ3) is 7.27. The number of hydrogen-bond acceptors (Lipinski definition) is 3. The van der Waals surface area contributed by atoms with Gasteiger partial charge in [-0.3, -0.25) is 9.80 Å². The molecule has 0 aromatic heterocycles. The van der Waals surface area contributed by atoms with E-state index in [4.69, 9.17) is 5.73 Å². The molecule has 0 spiro atoms. The summed E-state index contributed by atoms with van der Waals surface area (Å²) in [6.07, 6.45) is 39.9. The molecule has 0 aromatic carbocycles. The van der Waals surface area contributed by atoms with Crippen molar-refractivity contribution in [1.82, 2.24) is 9.80 Å². The predicted molar refractivity (Wildman–Crippen MR) is 166 cm³/mol. The highest BCUT2D eigenvalue weighted by Gasteiger charge is 2.40. The lowest BCUT2D eigenvalue weighted by Gasteiger charge is -2.50. The zero-order valence-corrected chi connectivity index (χ0v) is 25.8. The van der Waals surface area contributed by atoms with Crippen molar-refractivity contribution in [1.29, 1.82) is 0 Å². The molecular weight excluding hydrogens is 474 g/mol. The van der Waals surface area contributed by atoms with Gasteiger partial charge in [-0.05, 0) is 127 Å². The van der Waals surface area contributed by atoms with Crippen LogP contribution < -0.4 is 5.73 Å². The second-order valence-corrected chi connectivity index (χ2v) is 15.5. The molecule has 6 aliphatic rings. The van der Waals surface area contributed by atoms with Crippen molar-refractivity contribution in [2.24, 2.45) is 17.6 Å². The van der Waals surface area contributed by atoms with Gasteiger partial charge in [0.25, 0.3) is 0 Å². The van der Waals surface area contributed by atoms with Crippen LogP contribution in [0.25, 0.3) is 0 Å². The fourth-order valence-electron chi connectivity index (χ4n) is 11.1. The van der Waals surface area contributed by atoms with E-state index < -0.39 is 0 Å². The quantitative estimate of drug-likeness (QED) is 0.350. The standard InChI is InChI=1S/C36H65N3/c37-30-20-26-36(27-21-30)39(33-14-8-3-9-15-33)35-24-18-29(19-25-35)28-16-22-34(23-17-28)38(31-10-4-1-5-11-31)32-12-6-2-7-13-32/h28-36H,1-27,37H2. The lowest BCUT2D eigenvalue weighted by atomic mass is 9.70. The fraction of sp³-hybridized carbons (Fsp3) is 1.00. The summed E-state index contributed by atoms with van der Waals surface area (Å²) in [5, 5.41) is 0. The highest BCUT2D eigenvalue weighted by atomic mass is 15.2. The third-order valence-corrected chi connectivity index (χ3v) is 13.1. The topological polar surface area (TPSA) is 32.5 Å². The van der Waals surface area contributed by atoms with Crippen LogP contribution in [0, 0.1) is 11.8 Å². The van der Waals surface area contributed by atoms with E-state index in [1.54, 1.807) is 12.8 Å². The molecule has 3 nitrogen and oxygen atoms in total. The Morgan fingerprint density at radius 2 is 0.538 bits per heavy atom. The summed E-state index contributed by atoms with van der Waals surface area (Å²) >= 11 is 0. The first kappa shape index (κ1) is 29.0. The van der Waals surface area contributed by atoms with Crippen molar-refractivity contribution in [2.45, 2.75) is 216 Å². The van der Waals surface area contributed by atoms with Gasteiger partial charge in [-0.25, -0.2) is 0 Å². The average molecular weight is 540 g/mol. The van der Waals surface area contributed by atoms with Crippen molar-refractivity contribution in [3.05, 3.63) is 0 Å². The van der Waals surface area contributed by atoms with Crippen molar-refractivity contribution in [2.75, 3.05) is 0 Å². The highest BCUT2D eigenvalue weighted by molar-refractivity contribution is 4.95. The zero-order valence-electron chi connectivity index (χ0n) is 25.8. The summed E-state index contributed by atoms with van der Waals surface area (Å²) in [6.45, 7) is 0. The molecule has 6 saturated carbocycles. The molecule has 0 aliphatic heterocycles. The Hall–Kier alpha value is -0.120. The lowest BCUT2D eigenvalue weighted by molar-refractivity contribution is -0.00534. The molecule has 6 rings (SSSR count). The Kier molecular flexibility index (Phi) is 10.7. The van der Waals surface area contributed by atoms with Gasteiger partial charge in [0.05, 0.1) is 0 Å². The third-order valence-electron chi connectivity index (χ3n) is 13.1. The Morgan fingerprint density at radius 1 is 0.282 bits per heavy atom. The fourth-order valence-corrected chi connectivity index (χ4v) is 11.1. The van der Waals surface area contributed by atoms with Gasteiger partial charge in [-0.1, -0.05) is 57.8 Å². The minimum atomic E-state index is 0.479. The Labute approximate surface area is 242 Å². The Bertz CT molecular complexity index is 664. The SMILES string of the molecule is NC1CCC(N(C2CCCCC2)C2CCC(C3CCC(N(C4CCCCC4)C4CCCCC4)CC3)CC2)CC1. The van der Waals surface area contributed by atoms with E-state index in [0.717, 1.165) is 48.1 Å². The van der Waals surface area contributed by atoms with E-state index >= 15 is 0 Å². The van der Waals surface area contributed by atoms with Gasteiger partial charge in [0.1, 0.15) is 0 Å². The molecule has 3 heteroatoms. The van der Waals surface area contributed by atoms with Crippen LogP contribution >= 0.6 is 0 Å². The maximum absolute atomic E-state index is 6.35. The van der Waals surface area contributed by atoms with Crippen LogP contribution in [-0.4, -0.2) is 52.1 Å². The molecule has 224 valence electrons. The van der Waals surface area contributed by atoms with Gasteiger partial charge in [-0.2, -0.15) is 0 Å². The van der Waals surface area contributed by atoms with E-state index in [1.807, 2.05) is 0 Å². The number of rotatable bonds is 7. The Morgan fingerprint density at radius 3 is 0.846 bits per heavy atom. The van der Waals surface area contributed by atoms with Crippen LogP contribution in [0.2, 0.25) is 0 Å².